The summed E-state index contributed by atoms with van der Waals surface area (Å²) in [5.74, 6) is 0.581. The van der Waals surface area contributed by atoms with Gasteiger partial charge in [0.2, 0.25) is 5.91 Å². The highest BCUT2D eigenvalue weighted by Crippen LogP contribution is 2.40. The molecule has 0 bridgehead atoms. The van der Waals surface area contributed by atoms with Crippen molar-refractivity contribution < 1.29 is 4.79 Å². The van der Waals surface area contributed by atoms with Gasteiger partial charge in [0.05, 0.1) is 5.92 Å². The Bertz CT molecular complexity index is 196. The third-order valence-corrected chi connectivity index (χ3v) is 2.93. The molecule has 0 aliphatic carbocycles. The van der Waals surface area contributed by atoms with Crippen molar-refractivity contribution in [2.24, 2.45) is 5.92 Å². The van der Waals surface area contributed by atoms with Crippen molar-refractivity contribution in [2.45, 2.75) is 52.6 Å². The van der Waals surface area contributed by atoms with Crippen LogP contribution in [0, 0.1) is 5.92 Å². The molecule has 0 aromatic heterocycles. The van der Waals surface area contributed by atoms with Crippen LogP contribution < -0.4 is 0 Å². The maximum atomic E-state index is 11.6. The molecule has 1 aliphatic heterocycles. The van der Waals surface area contributed by atoms with Crippen molar-refractivity contribution in [1.82, 2.24) is 4.90 Å². The van der Waals surface area contributed by atoms with Crippen LogP contribution in [0.1, 0.15) is 41.0 Å². The molecule has 1 saturated heterocycles. The quantitative estimate of drug-likeness (QED) is 0.579. The molecule has 0 saturated carbocycles. The molecule has 0 radical (unpaired) electrons. The standard InChI is InChI=1S/C10H19NO/c1-6-8-9(12)11(7(2)3)10(8,4)5/h7-8H,6H2,1-5H3. The number of rotatable bonds is 2. The summed E-state index contributed by atoms with van der Waals surface area (Å²) < 4.78 is 0. The molecular formula is C10H19NO. The van der Waals surface area contributed by atoms with E-state index in [1.54, 1.807) is 0 Å². The SMILES string of the molecule is CCC1C(=O)N(C(C)C)C1(C)C. The Morgan fingerprint density at radius 2 is 2.00 bits per heavy atom. The number of nitrogens with zero attached hydrogens (tertiary/aromatic N) is 1. The Morgan fingerprint density at radius 3 is 2.25 bits per heavy atom. The summed E-state index contributed by atoms with van der Waals surface area (Å²) in [6.45, 7) is 10.5. The van der Waals surface area contributed by atoms with Crippen LogP contribution in [0.3, 0.4) is 0 Å². The number of amides is 1. The van der Waals surface area contributed by atoms with Gasteiger partial charge in [0.1, 0.15) is 0 Å². The smallest absolute Gasteiger partial charge is 0.228 e. The van der Waals surface area contributed by atoms with Gasteiger partial charge in [-0.05, 0) is 34.1 Å². The van der Waals surface area contributed by atoms with E-state index in [0.29, 0.717) is 11.9 Å². The van der Waals surface area contributed by atoms with Crippen LogP contribution in [0.25, 0.3) is 0 Å². The lowest BCUT2D eigenvalue weighted by Gasteiger charge is -2.56. The molecule has 0 aromatic carbocycles. The zero-order valence-electron chi connectivity index (χ0n) is 8.72. The molecule has 1 atom stereocenters. The zero-order chi connectivity index (χ0) is 9.52. The molecule has 12 heavy (non-hydrogen) atoms. The number of carbonyl (C=O) groups excluding carboxylic acids is 1. The highest BCUT2D eigenvalue weighted by Gasteiger charge is 2.53. The Hall–Kier alpha value is -0.530. The van der Waals surface area contributed by atoms with E-state index in [1.807, 2.05) is 4.90 Å². The summed E-state index contributed by atoms with van der Waals surface area (Å²) in [5.41, 5.74) is 0.0833. The van der Waals surface area contributed by atoms with E-state index >= 15 is 0 Å². The van der Waals surface area contributed by atoms with Gasteiger partial charge < -0.3 is 4.90 Å². The molecule has 1 amide bonds. The van der Waals surface area contributed by atoms with Gasteiger partial charge in [0, 0.05) is 11.6 Å². The number of hydrogen-bond donors (Lipinski definition) is 0. The van der Waals surface area contributed by atoms with Gasteiger partial charge in [0.25, 0.3) is 0 Å². The minimum absolute atomic E-state index is 0.0833. The molecule has 2 heteroatoms. The van der Waals surface area contributed by atoms with Gasteiger partial charge in [-0.25, -0.2) is 0 Å². The van der Waals surface area contributed by atoms with Gasteiger partial charge in [-0.3, -0.25) is 4.79 Å². The van der Waals surface area contributed by atoms with Gasteiger partial charge in [-0.1, -0.05) is 6.92 Å². The van der Waals surface area contributed by atoms with E-state index in [2.05, 4.69) is 34.6 Å². The predicted octanol–water partition coefficient (Wildman–Crippen LogP) is 2.04. The van der Waals surface area contributed by atoms with Crippen LogP contribution in [0.4, 0.5) is 0 Å². The first-order chi connectivity index (χ1) is 5.42. The molecule has 0 aromatic rings. The van der Waals surface area contributed by atoms with Crippen LogP contribution in [0.5, 0.6) is 0 Å². The predicted molar refractivity (Wildman–Crippen MR) is 49.8 cm³/mol. The van der Waals surface area contributed by atoms with Crippen LogP contribution in [0.2, 0.25) is 0 Å². The van der Waals surface area contributed by atoms with Gasteiger partial charge in [-0.2, -0.15) is 0 Å². The minimum atomic E-state index is 0.0833. The normalized spacial score (nSPS) is 27.7. The topological polar surface area (TPSA) is 20.3 Å². The first kappa shape index (κ1) is 9.56. The van der Waals surface area contributed by atoms with E-state index in [-0.39, 0.29) is 11.5 Å². The second-order valence-electron chi connectivity index (χ2n) is 4.42. The summed E-state index contributed by atoms with van der Waals surface area (Å²) >= 11 is 0. The minimum Gasteiger partial charge on any atom is -0.334 e. The Morgan fingerprint density at radius 1 is 1.50 bits per heavy atom. The van der Waals surface area contributed by atoms with Crippen molar-refractivity contribution >= 4 is 5.91 Å². The highest BCUT2D eigenvalue weighted by molar-refractivity contribution is 5.87. The molecular weight excluding hydrogens is 150 g/mol. The zero-order valence-corrected chi connectivity index (χ0v) is 8.72. The Labute approximate surface area is 74.9 Å². The van der Waals surface area contributed by atoms with Crippen molar-refractivity contribution in [3.63, 3.8) is 0 Å². The van der Waals surface area contributed by atoms with Gasteiger partial charge in [-0.15, -0.1) is 0 Å². The lowest BCUT2D eigenvalue weighted by molar-refractivity contribution is -0.171. The lowest BCUT2D eigenvalue weighted by Crippen LogP contribution is -2.69. The largest absolute Gasteiger partial charge is 0.334 e. The fourth-order valence-electron chi connectivity index (χ4n) is 2.45. The highest BCUT2D eigenvalue weighted by atomic mass is 16.2. The third kappa shape index (κ3) is 1.05. The molecule has 1 unspecified atom stereocenters. The summed E-state index contributed by atoms with van der Waals surface area (Å²) in [7, 11) is 0. The summed E-state index contributed by atoms with van der Waals surface area (Å²) in [6.07, 6.45) is 0.967. The van der Waals surface area contributed by atoms with E-state index in [1.165, 1.54) is 0 Å². The van der Waals surface area contributed by atoms with Crippen LogP contribution in [0.15, 0.2) is 0 Å². The maximum Gasteiger partial charge on any atom is 0.228 e. The van der Waals surface area contributed by atoms with Crippen molar-refractivity contribution in [1.29, 1.82) is 0 Å². The van der Waals surface area contributed by atoms with Crippen LogP contribution in [-0.4, -0.2) is 22.4 Å². The fraction of sp³-hybridized carbons (Fsp3) is 0.900. The van der Waals surface area contributed by atoms with E-state index in [4.69, 9.17) is 0 Å². The molecule has 1 aliphatic rings. The second-order valence-corrected chi connectivity index (χ2v) is 4.42. The first-order valence-corrected chi connectivity index (χ1v) is 4.76. The van der Waals surface area contributed by atoms with Crippen molar-refractivity contribution in [2.75, 3.05) is 0 Å². The molecule has 1 rings (SSSR count). The average Bonchev–Trinajstić information content (AvgIpc) is 1.85. The molecule has 70 valence electrons. The molecule has 0 N–H and O–H groups in total. The fourth-order valence-corrected chi connectivity index (χ4v) is 2.45. The summed E-state index contributed by atoms with van der Waals surface area (Å²) in [6, 6.07) is 0.343. The number of likely N-dealkylation sites (tertiary alicyclic amines) is 1. The van der Waals surface area contributed by atoms with E-state index in [9.17, 15) is 4.79 Å². The molecule has 1 fully saturated rings. The maximum absolute atomic E-state index is 11.6. The van der Waals surface area contributed by atoms with Gasteiger partial charge in [0.15, 0.2) is 0 Å². The van der Waals surface area contributed by atoms with E-state index < -0.39 is 0 Å². The van der Waals surface area contributed by atoms with E-state index in [0.717, 1.165) is 6.42 Å². The molecule has 0 spiro atoms. The molecule has 1 heterocycles. The summed E-state index contributed by atoms with van der Waals surface area (Å²) in [5, 5.41) is 0. The Balaban J connectivity index is 2.77. The van der Waals surface area contributed by atoms with Crippen LogP contribution >= 0.6 is 0 Å². The monoisotopic (exact) mass is 169 g/mol. The van der Waals surface area contributed by atoms with Crippen LogP contribution in [-0.2, 0) is 4.79 Å². The third-order valence-electron chi connectivity index (χ3n) is 2.93. The number of hydrogen-bond acceptors (Lipinski definition) is 1. The van der Waals surface area contributed by atoms with Gasteiger partial charge >= 0.3 is 0 Å². The lowest BCUT2D eigenvalue weighted by atomic mass is 9.73. The number of carbonyl (C=O) groups is 1. The number of β-lactam (4-membered cyclic amide) rings is 1. The van der Waals surface area contributed by atoms with Crippen molar-refractivity contribution in [3.05, 3.63) is 0 Å². The Kier molecular flexibility index (Phi) is 2.19. The molecule has 2 nitrogen and oxygen atoms in total. The second kappa shape index (κ2) is 2.75. The first-order valence-electron chi connectivity index (χ1n) is 4.76. The average molecular weight is 169 g/mol. The summed E-state index contributed by atoms with van der Waals surface area (Å²) in [4.78, 5) is 13.6. The van der Waals surface area contributed by atoms with Crippen molar-refractivity contribution in [3.8, 4) is 0 Å².